The van der Waals surface area contributed by atoms with Gasteiger partial charge in [0.2, 0.25) is 5.91 Å². The number of carbonyl (C=O) groups excluding carboxylic acids is 1. The topological polar surface area (TPSA) is 69.6 Å². The molecule has 0 spiro atoms. The molecule has 2 unspecified atom stereocenters. The van der Waals surface area contributed by atoms with Crippen LogP contribution in [0.5, 0.6) is 0 Å². The summed E-state index contributed by atoms with van der Waals surface area (Å²) < 4.78 is 0. The third-order valence-electron chi connectivity index (χ3n) is 2.78. The first-order valence-electron chi connectivity index (χ1n) is 5.22. The Morgan fingerprint density at radius 3 is 2.73 bits per heavy atom. The molecule has 0 aliphatic carbocycles. The lowest BCUT2D eigenvalue weighted by Gasteiger charge is -2.31. The van der Waals surface area contributed by atoms with E-state index in [-0.39, 0.29) is 24.4 Å². The molecule has 5 heteroatoms. The van der Waals surface area contributed by atoms with Gasteiger partial charge in [0, 0.05) is 7.05 Å². The predicted molar refractivity (Wildman–Crippen MR) is 55.5 cm³/mol. The highest BCUT2D eigenvalue weighted by Gasteiger charge is 2.29. The van der Waals surface area contributed by atoms with Crippen LogP contribution in [-0.4, -0.2) is 48.1 Å². The normalized spacial score (nSPS) is 26.0. The number of carbonyl (C=O) groups is 2. The standard InChI is InChI=1S/C10H18N2O3/c1-7-4-3-5-11-9(7)10(15)12(2)6-8(13)14/h7,9,11H,3-6H2,1-2H3,(H,13,14). The van der Waals surface area contributed by atoms with Gasteiger partial charge in [-0.05, 0) is 25.3 Å². The van der Waals surface area contributed by atoms with Crippen molar-refractivity contribution in [2.24, 2.45) is 5.92 Å². The Kier molecular flexibility index (Phi) is 4.08. The number of hydrogen-bond acceptors (Lipinski definition) is 3. The van der Waals surface area contributed by atoms with E-state index in [9.17, 15) is 9.59 Å². The molecule has 5 nitrogen and oxygen atoms in total. The van der Waals surface area contributed by atoms with Crippen LogP contribution in [0, 0.1) is 5.92 Å². The van der Waals surface area contributed by atoms with Crippen LogP contribution in [0.15, 0.2) is 0 Å². The number of nitrogens with one attached hydrogen (secondary N) is 1. The van der Waals surface area contributed by atoms with Gasteiger partial charge < -0.3 is 15.3 Å². The van der Waals surface area contributed by atoms with Gasteiger partial charge in [-0.1, -0.05) is 6.92 Å². The molecule has 86 valence electrons. The summed E-state index contributed by atoms with van der Waals surface area (Å²) in [5, 5.41) is 11.7. The SMILES string of the molecule is CC1CCCNC1C(=O)N(C)CC(=O)O. The average molecular weight is 214 g/mol. The molecule has 1 saturated heterocycles. The third-order valence-corrected chi connectivity index (χ3v) is 2.78. The smallest absolute Gasteiger partial charge is 0.323 e. The third kappa shape index (κ3) is 3.20. The molecule has 0 saturated carbocycles. The van der Waals surface area contributed by atoms with Crippen molar-refractivity contribution < 1.29 is 14.7 Å². The largest absolute Gasteiger partial charge is 0.480 e. The summed E-state index contributed by atoms with van der Waals surface area (Å²) in [6.07, 6.45) is 2.10. The van der Waals surface area contributed by atoms with Crippen LogP contribution in [0.1, 0.15) is 19.8 Å². The zero-order valence-corrected chi connectivity index (χ0v) is 9.19. The Bertz CT molecular complexity index is 255. The summed E-state index contributed by atoms with van der Waals surface area (Å²) in [6, 6.07) is -0.219. The van der Waals surface area contributed by atoms with Crippen LogP contribution in [-0.2, 0) is 9.59 Å². The quantitative estimate of drug-likeness (QED) is 0.689. The maximum absolute atomic E-state index is 11.8. The first-order valence-corrected chi connectivity index (χ1v) is 5.22. The molecule has 15 heavy (non-hydrogen) atoms. The van der Waals surface area contributed by atoms with Gasteiger partial charge in [-0.15, -0.1) is 0 Å². The first kappa shape index (κ1) is 12.0. The summed E-state index contributed by atoms with van der Waals surface area (Å²) in [6.45, 7) is 2.62. The fourth-order valence-electron chi connectivity index (χ4n) is 1.90. The lowest BCUT2D eigenvalue weighted by Crippen LogP contribution is -2.52. The monoisotopic (exact) mass is 214 g/mol. The van der Waals surface area contributed by atoms with Crippen LogP contribution in [0.25, 0.3) is 0 Å². The minimum Gasteiger partial charge on any atom is -0.480 e. The van der Waals surface area contributed by atoms with E-state index < -0.39 is 5.97 Å². The van der Waals surface area contributed by atoms with Crippen molar-refractivity contribution in [2.45, 2.75) is 25.8 Å². The van der Waals surface area contributed by atoms with Crippen LogP contribution in [0.3, 0.4) is 0 Å². The van der Waals surface area contributed by atoms with Gasteiger partial charge in [0.25, 0.3) is 0 Å². The van der Waals surface area contributed by atoms with Crippen molar-refractivity contribution in [1.82, 2.24) is 10.2 Å². The van der Waals surface area contributed by atoms with Gasteiger partial charge in [-0.25, -0.2) is 0 Å². The van der Waals surface area contributed by atoms with Crippen LogP contribution < -0.4 is 5.32 Å². The molecule has 0 aromatic carbocycles. The maximum atomic E-state index is 11.8. The number of aliphatic carboxylic acids is 1. The second-order valence-corrected chi connectivity index (χ2v) is 4.14. The minimum absolute atomic E-state index is 0.121. The summed E-state index contributed by atoms with van der Waals surface area (Å²) in [7, 11) is 1.53. The van der Waals surface area contributed by atoms with E-state index >= 15 is 0 Å². The molecule has 1 aliphatic heterocycles. The van der Waals surface area contributed by atoms with Crippen molar-refractivity contribution in [3.8, 4) is 0 Å². The lowest BCUT2D eigenvalue weighted by atomic mass is 9.92. The highest BCUT2D eigenvalue weighted by Crippen LogP contribution is 2.16. The highest BCUT2D eigenvalue weighted by atomic mass is 16.4. The van der Waals surface area contributed by atoms with E-state index in [4.69, 9.17) is 5.11 Å². The molecule has 1 aliphatic rings. The van der Waals surface area contributed by atoms with Crippen LogP contribution in [0.4, 0.5) is 0 Å². The van der Waals surface area contributed by atoms with Gasteiger partial charge in [-0.2, -0.15) is 0 Å². The maximum Gasteiger partial charge on any atom is 0.323 e. The first-order chi connectivity index (χ1) is 7.02. The van der Waals surface area contributed by atoms with Crippen molar-refractivity contribution >= 4 is 11.9 Å². The second kappa shape index (κ2) is 5.11. The summed E-state index contributed by atoms with van der Waals surface area (Å²) in [4.78, 5) is 23.6. The summed E-state index contributed by atoms with van der Waals surface area (Å²) in [5.41, 5.74) is 0. The molecular weight excluding hydrogens is 196 g/mol. The highest BCUT2D eigenvalue weighted by molar-refractivity contribution is 5.85. The van der Waals surface area contributed by atoms with Crippen molar-refractivity contribution in [3.63, 3.8) is 0 Å². The van der Waals surface area contributed by atoms with E-state index in [2.05, 4.69) is 5.32 Å². The van der Waals surface area contributed by atoms with E-state index in [1.165, 1.54) is 11.9 Å². The van der Waals surface area contributed by atoms with Crippen LogP contribution in [0.2, 0.25) is 0 Å². The van der Waals surface area contributed by atoms with Crippen molar-refractivity contribution in [2.75, 3.05) is 20.1 Å². The number of carboxylic acid groups (broad SMARTS) is 1. The number of piperidine rings is 1. The number of hydrogen-bond donors (Lipinski definition) is 2. The van der Waals surface area contributed by atoms with E-state index in [0.717, 1.165) is 19.4 Å². The number of rotatable bonds is 3. The van der Waals surface area contributed by atoms with Crippen molar-refractivity contribution in [1.29, 1.82) is 0 Å². The van der Waals surface area contributed by atoms with Gasteiger partial charge in [0.1, 0.15) is 6.54 Å². The van der Waals surface area contributed by atoms with E-state index in [1.54, 1.807) is 0 Å². The van der Waals surface area contributed by atoms with Crippen LogP contribution >= 0.6 is 0 Å². The molecule has 1 rings (SSSR count). The fraction of sp³-hybridized carbons (Fsp3) is 0.800. The molecular formula is C10H18N2O3. The fourth-order valence-corrected chi connectivity index (χ4v) is 1.90. The Balaban J connectivity index is 2.54. The van der Waals surface area contributed by atoms with Gasteiger partial charge in [0.15, 0.2) is 0 Å². The zero-order chi connectivity index (χ0) is 11.4. The van der Waals surface area contributed by atoms with Gasteiger partial charge in [0.05, 0.1) is 6.04 Å². The summed E-state index contributed by atoms with van der Waals surface area (Å²) in [5.74, 6) is -0.818. The molecule has 0 aromatic rings. The number of amides is 1. The van der Waals surface area contributed by atoms with Gasteiger partial charge >= 0.3 is 5.97 Å². The zero-order valence-electron chi connectivity index (χ0n) is 9.19. The molecule has 0 aromatic heterocycles. The van der Waals surface area contributed by atoms with Crippen molar-refractivity contribution in [3.05, 3.63) is 0 Å². The molecule has 0 radical (unpaired) electrons. The van der Waals surface area contributed by atoms with E-state index in [1.807, 2.05) is 6.92 Å². The predicted octanol–water partition coefficient (Wildman–Crippen LogP) is -0.0825. The van der Waals surface area contributed by atoms with E-state index in [0.29, 0.717) is 0 Å². The molecule has 2 N–H and O–H groups in total. The minimum atomic E-state index is -0.977. The molecule has 1 fully saturated rings. The number of likely N-dealkylation sites (N-methyl/N-ethyl adjacent to an activating group) is 1. The Hall–Kier alpha value is -1.10. The second-order valence-electron chi connectivity index (χ2n) is 4.14. The molecule has 2 atom stereocenters. The molecule has 0 bridgehead atoms. The number of nitrogens with zero attached hydrogens (tertiary/aromatic N) is 1. The Morgan fingerprint density at radius 2 is 2.20 bits per heavy atom. The average Bonchev–Trinajstić information content (AvgIpc) is 2.16. The molecule has 1 amide bonds. The summed E-state index contributed by atoms with van der Waals surface area (Å²) >= 11 is 0. The Morgan fingerprint density at radius 1 is 1.53 bits per heavy atom. The Labute approximate surface area is 89.4 Å². The molecule has 1 heterocycles. The number of carboxylic acids is 1. The lowest BCUT2D eigenvalue weighted by molar-refractivity contribution is -0.145. The van der Waals surface area contributed by atoms with Gasteiger partial charge in [-0.3, -0.25) is 9.59 Å².